The molecule has 128 valence electrons. The summed E-state index contributed by atoms with van der Waals surface area (Å²) in [6.07, 6.45) is 7.96. The Balaban J connectivity index is 1.46. The first-order chi connectivity index (χ1) is 11.7. The number of fused-ring (bicyclic) bond motifs is 3. The van der Waals surface area contributed by atoms with Crippen molar-refractivity contribution < 1.29 is 4.79 Å². The molecular formula is C20H27N3O. The van der Waals surface area contributed by atoms with Gasteiger partial charge in [0.1, 0.15) is 0 Å². The maximum atomic E-state index is 12.6. The highest BCUT2D eigenvalue weighted by Crippen LogP contribution is 2.27. The molecule has 0 radical (unpaired) electrons. The van der Waals surface area contributed by atoms with Gasteiger partial charge in [0.15, 0.2) is 0 Å². The van der Waals surface area contributed by atoms with Crippen LogP contribution in [0.4, 0.5) is 4.79 Å². The zero-order chi connectivity index (χ0) is 16.5. The average Bonchev–Trinajstić information content (AvgIpc) is 2.79. The minimum Gasteiger partial charge on any atom is -0.358 e. The van der Waals surface area contributed by atoms with Crippen LogP contribution in [0.25, 0.3) is 10.9 Å². The quantitative estimate of drug-likeness (QED) is 0.820. The summed E-state index contributed by atoms with van der Waals surface area (Å²) in [4.78, 5) is 18.2. The summed E-state index contributed by atoms with van der Waals surface area (Å²) in [6.45, 7) is 3.75. The summed E-state index contributed by atoms with van der Waals surface area (Å²) in [7, 11) is 0. The van der Waals surface area contributed by atoms with Gasteiger partial charge in [-0.3, -0.25) is 0 Å². The largest absolute Gasteiger partial charge is 0.358 e. The fraction of sp³-hybridized carbons (Fsp3) is 0.550. The molecule has 2 aromatic rings. The third kappa shape index (κ3) is 3.02. The molecule has 1 fully saturated rings. The lowest BCUT2D eigenvalue weighted by Gasteiger charge is -2.27. The van der Waals surface area contributed by atoms with E-state index < -0.39 is 0 Å². The molecule has 24 heavy (non-hydrogen) atoms. The van der Waals surface area contributed by atoms with Crippen molar-refractivity contribution in [2.24, 2.45) is 0 Å². The zero-order valence-corrected chi connectivity index (χ0v) is 14.5. The summed E-state index contributed by atoms with van der Waals surface area (Å²) in [5.74, 6) is 0. The standard InChI is InChI=1S/C20H27N3O/c1-14-7-8-18-17(13-14)16-9-11-23(12-10-19(16)22-18)20(24)21-15-5-3-2-4-6-15/h7-8,13,15,22H,2-6,9-12H2,1H3,(H,21,24). The van der Waals surface area contributed by atoms with Crippen LogP contribution in [0.3, 0.4) is 0 Å². The molecule has 1 aromatic carbocycles. The Morgan fingerprint density at radius 3 is 2.79 bits per heavy atom. The molecule has 1 aromatic heterocycles. The van der Waals surface area contributed by atoms with Crippen LogP contribution < -0.4 is 5.32 Å². The number of hydrogen-bond acceptors (Lipinski definition) is 1. The summed E-state index contributed by atoms with van der Waals surface area (Å²) in [5, 5.41) is 4.59. The van der Waals surface area contributed by atoms with E-state index in [9.17, 15) is 4.79 Å². The molecule has 1 aliphatic carbocycles. The van der Waals surface area contributed by atoms with Crippen molar-refractivity contribution in [1.29, 1.82) is 0 Å². The van der Waals surface area contributed by atoms with Crippen molar-refractivity contribution in [2.75, 3.05) is 13.1 Å². The molecule has 0 saturated heterocycles. The van der Waals surface area contributed by atoms with Gasteiger partial charge >= 0.3 is 6.03 Å². The van der Waals surface area contributed by atoms with Crippen LogP contribution in [0.2, 0.25) is 0 Å². The molecule has 2 aliphatic rings. The first-order valence-electron chi connectivity index (χ1n) is 9.36. The second-order valence-corrected chi connectivity index (χ2v) is 7.40. The maximum absolute atomic E-state index is 12.6. The lowest BCUT2D eigenvalue weighted by Crippen LogP contribution is -2.46. The van der Waals surface area contributed by atoms with Crippen LogP contribution in [-0.2, 0) is 12.8 Å². The van der Waals surface area contributed by atoms with E-state index in [4.69, 9.17) is 0 Å². The van der Waals surface area contributed by atoms with Gasteiger partial charge in [-0.15, -0.1) is 0 Å². The smallest absolute Gasteiger partial charge is 0.317 e. The van der Waals surface area contributed by atoms with E-state index in [-0.39, 0.29) is 6.03 Å². The molecule has 0 atom stereocenters. The first kappa shape index (κ1) is 15.6. The monoisotopic (exact) mass is 325 g/mol. The normalized spacial score (nSPS) is 19.1. The van der Waals surface area contributed by atoms with Crippen LogP contribution in [-0.4, -0.2) is 35.0 Å². The highest BCUT2D eigenvalue weighted by molar-refractivity contribution is 5.85. The number of rotatable bonds is 1. The van der Waals surface area contributed by atoms with E-state index in [2.05, 4.69) is 35.4 Å². The highest BCUT2D eigenvalue weighted by atomic mass is 16.2. The van der Waals surface area contributed by atoms with E-state index in [1.165, 1.54) is 47.0 Å². The molecule has 2 N–H and O–H groups in total. The summed E-state index contributed by atoms with van der Waals surface area (Å²) >= 11 is 0. The number of urea groups is 1. The van der Waals surface area contributed by atoms with Gasteiger partial charge in [0, 0.05) is 42.1 Å². The molecule has 0 bridgehead atoms. The molecule has 2 heterocycles. The van der Waals surface area contributed by atoms with Gasteiger partial charge in [-0.1, -0.05) is 30.9 Å². The van der Waals surface area contributed by atoms with Crippen LogP contribution in [0, 0.1) is 6.92 Å². The van der Waals surface area contributed by atoms with Gasteiger partial charge in [0.25, 0.3) is 0 Å². The number of hydrogen-bond donors (Lipinski definition) is 2. The molecule has 4 rings (SSSR count). The fourth-order valence-electron chi connectivity index (χ4n) is 4.24. The number of nitrogens with zero attached hydrogens (tertiary/aromatic N) is 1. The molecule has 4 nitrogen and oxygen atoms in total. The lowest BCUT2D eigenvalue weighted by atomic mass is 9.96. The summed E-state index contributed by atoms with van der Waals surface area (Å²) in [6, 6.07) is 7.11. The molecule has 1 aliphatic heterocycles. The van der Waals surface area contributed by atoms with E-state index in [0.717, 1.165) is 38.8 Å². The number of aromatic nitrogens is 1. The number of carbonyl (C=O) groups is 1. The fourth-order valence-corrected chi connectivity index (χ4v) is 4.24. The number of carbonyl (C=O) groups excluding carboxylic acids is 1. The second kappa shape index (κ2) is 6.50. The van der Waals surface area contributed by atoms with E-state index in [1.807, 2.05) is 4.90 Å². The predicted molar refractivity (Wildman–Crippen MR) is 97.4 cm³/mol. The number of aryl methyl sites for hydroxylation is 1. The van der Waals surface area contributed by atoms with Crippen molar-refractivity contribution in [3.63, 3.8) is 0 Å². The SMILES string of the molecule is Cc1ccc2[nH]c3c(c2c1)CCN(C(=O)NC1CCCCC1)CC3. The number of nitrogens with one attached hydrogen (secondary N) is 2. The van der Waals surface area contributed by atoms with Gasteiger partial charge < -0.3 is 15.2 Å². The molecule has 2 amide bonds. The molecule has 4 heteroatoms. The van der Waals surface area contributed by atoms with Crippen LogP contribution in [0.1, 0.15) is 48.9 Å². The van der Waals surface area contributed by atoms with Crippen molar-refractivity contribution in [3.05, 3.63) is 35.0 Å². The Labute approximate surface area is 143 Å². The molecule has 0 unspecified atom stereocenters. The third-order valence-corrected chi connectivity index (χ3v) is 5.63. The topological polar surface area (TPSA) is 48.1 Å². The summed E-state index contributed by atoms with van der Waals surface area (Å²) < 4.78 is 0. The molecular weight excluding hydrogens is 298 g/mol. The Hall–Kier alpha value is -1.97. The van der Waals surface area contributed by atoms with E-state index in [1.54, 1.807) is 0 Å². The average molecular weight is 325 g/mol. The molecule has 1 saturated carbocycles. The minimum atomic E-state index is 0.132. The third-order valence-electron chi connectivity index (χ3n) is 5.63. The van der Waals surface area contributed by atoms with Gasteiger partial charge in [0.05, 0.1) is 0 Å². The Morgan fingerprint density at radius 2 is 1.96 bits per heavy atom. The van der Waals surface area contributed by atoms with Crippen molar-refractivity contribution in [3.8, 4) is 0 Å². The van der Waals surface area contributed by atoms with Crippen molar-refractivity contribution in [2.45, 2.75) is 57.9 Å². The lowest BCUT2D eigenvalue weighted by molar-refractivity contribution is 0.192. The number of benzene rings is 1. The molecule has 0 spiro atoms. The zero-order valence-electron chi connectivity index (χ0n) is 14.5. The van der Waals surface area contributed by atoms with Crippen LogP contribution in [0.5, 0.6) is 0 Å². The number of amides is 2. The minimum absolute atomic E-state index is 0.132. The maximum Gasteiger partial charge on any atom is 0.317 e. The van der Waals surface area contributed by atoms with E-state index in [0.29, 0.717) is 6.04 Å². The van der Waals surface area contributed by atoms with E-state index >= 15 is 0 Å². The predicted octanol–water partition coefficient (Wildman–Crippen LogP) is 3.92. The first-order valence-corrected chi connectivity index (χ1v) is 9.36. The van der Waals surface area contributed by atoms with Gasteiger partial charge in [-0.05, 0) is 43.9 Å². The van der Waals surface area contributed by atoms with Gasteiger partial charge in [0.2, 0.25) is 0 Å². The van der Waals surface area contributed by atoms with Crippen molar-refractivity contribution >= 4 is 16.9 Å². The number of H-pyrrole nitrogens is 1. The Morgan fingerprint density at radius 1 is 1.17 bits per heavy atom. The summed E-state index contributed by atoms with van der Waals surface area (Å²) in [5.41, 5.74) is 5.23. The highest BCUT2D eigenvalue weighted by Gasteiger charge is 2.23. The Kier molecular flexibility index (Phi) is 4.21. The van der Waals surface area contributed by atoms with Gasteiger partial charge in [-0.25, -0.2) is 4.79 Å². The second-order valence-electron chi connectivity index (χ2n) is 7.40. The Bertz CT molecular complexity index is 743. The van der Waals surface area contributed by atoms with Gasteiger partial charge in [-0.2, -0.15) is 0 Å². The van der Waals surface area contributed by atoms with Crippen LogP contribution in [0.15, 0.2) is 18.2 Å². The van der Waals surface area contributed by atoms with Crippen LogP contribution >= 0.6 is 0 Å². The van der Waals surface area contributed by atoms with Crippen molar-refractivity contribution in [1.82, 2.24) is 15.2 Å². The number of aromatic amines is 1.